The summed E-state index contributed by atoms with van der Waals surface area (Å²) in [5, 5.41) is 5.34. The molecule has 3 rings (SSSR count). The van der Waals surface area contributed by atoms with E-state index in [9.17, 15) is 0 Å². The summed E-state index contributed by atoms with van der Waals surface area (Å²) in [6, 6.07) is 18.3. The summed E-state index contributed by atoms with van der Waals surface area (Å²) < 4.78 is 0. The summed E-state index contributed by atoms with van der Waals surface area (Å²) in [7, 11) is 1.56. The maximum atomic E-state index is 5.09. The molecule has 1 aromatic heterocycles. The zero-order valence-electron chi connectivity index (χ0n) is 13.1. The third kappa shape index (κ3) is 3.14. The number of hydrogen-bond acceptors (Lipinski definition) is 3. The Hall–Kier alpha value is -2.94. The first-order valence-electron chi connectivity index (χ1n) is 7.49. The van der Waals surface area contributed by atoms with Crippen LogP contribution < -0.4 is 0 Å². The third-order valence-electron chi connectivity index (χ3n) is 3.68. The number of aromatic nitrogens is 1. The molecule has 23 heavy (non-hydrogen) atoms. The van der Waals surface area contributed by atoms with E-state index in [2.05, 4.69) is 28.9 Å². The van der Waals surface area contributed by atoms with E-state index in [1.54, 1.807) is 7.11 Å². The maximum absolute atomic E-state index is 5.09. The van der Waals surface area contributed by atoms with Crippen LogP contribution in [0.3, 0.4) is 0 Å². The molecule has 114 valence electrons. The average Bonchev–Trinajstić information content (AvgIpc) is 2.60. The Bertz CT molecular complexity index is 868. The Kier molecular flexibility index (Phi) is 4.48. The van der Waals surface area contributed by atoms with Crippen molar-refractivity contribution in [1.82, 2.24) is 4.98 Å². The third-order valence-corrected chi connectivity index (χ3v) is 3.68. The van der Waals surface area contributed by atoms with Crippen molar-refractivity contribution in [2.45, 2.75) is 6.42 Å². The summed E-state index contributed by atoms with van der Waals surface area (Å²) in [5.41, 5.74) is 4.87. The minimum Gasteiger partial charge on any atom is -0.399 e. The van der Waals surface area contributed by atoms with Gasteiger partial charge in [0.25, 0.3) is 0 Å². The Morgan fingerprint density at radius 3 is 2.78 bits per heavy atom. The van der Waals surface area contributed by atoms with Gasteiger partial charge in [-0.15, -0.1) is 6.58 Å². The Labute approximate surface area is 135 Å². The van der Waals surface area contributed by atoms with Crippen LogP contribution in [0.2, 0.25) is 0 Å². The highest BCUT2D eigenvalue weighted by molar-refractivity contribution is 6.14. The van der Waals surface area contributed by atoms with Crippen LogP contribution in [-0.2, 0) is 11.3 Å². The molecule has 0 atom stereocenters. The zero-order chi connectivity index (χ0) is 16.1. The second kappa shape index (κ2) is 6.88. The summed E-state index contributed by atoms with van der Waals surface area (Å²) in [6.07, 6.45) is 4.51. The quantitative estimate of drug-likeness (QED) is 0.398. The van der Waals surface area contributed by atoms with Gasteiger partial charge in [-0.25, -0.2) is 0 Å². The molecule has 0 bridgehead atoms. The predicted molar refractivity (Wildman–Crippen MR) is 94.7 cm³/mol. The van der Waals surface area contributed by atoms with Crippen LogP contribution in [0.15, 0.2) is 78.6 Å². The molecule has 2 aromatic carbocycles. The van der Waals surface area contributed by atoms with Gasteiger partial charge in [0.15, 0.2) is 0 Å². The fraction of sp³-hybridized carbons (Fsp3) is 0.100. The van der Waals surface area contributed by atoms with Crippen LogP contribution in [0.25, 0.3) is 10.9 Å². The van der Waals surface area contributed by atoms with Crippen molar-refractivity contribution in [3.05, 3.63) is 90.1 Å². The highest BCUT2D eigenvalue weighted by atomic mass is 16.6. The highest BCUT2D eigenvalue weighted by Crippen LogP contribution is 2.20. The number of fused-ring (bicyclic) bond motifs is 1. The SMILES string of the molecule is C=CCc1ccccc1C(=NOC)c1cnc2ccccc2c1. The molecule has 0 aliphatic carbocycles. The van der Waals surface area contributed by atoms with Crippen molar-refractivity contribution in [3.8, 4) is 0 Å². The minimum absolute atomic E-state index is 0.778. The molecule has 3 nitrogen and oxygen atoms in total. The molecule has 1 heterocycles. The fourth-order valence-electron chi connectivity index (χ4n) is 2.63. The van der Waals surface area contributed by atoms with E-state index >= 15 is 0 Å². The molecule has 0 saturated heterocycles. The summed E-state index contributed by atoms with van der Waals surface area (Å²) in [4.78, 5) is 9.62. The minimum atomic E-state index is 0.778. The highest BCUT2D eigenvalue weighted by Gasteiger charge is 2.13. The number of rotatable bonds is 5. The number of oxime groups is 1. The van der Waals surface area contributed by atoms with Gasteiger partial charge in [-0.2, -0.15) is 0 Å². The van der Waals surface area contributed by atoms with E-state index in [1.165, 1.54) is 0 Å². The van der Waals surface area contributed by atoms with Gasteiger partial charge in [0.1, 0.15) is 12.8 Å². The Morgan fingerprint density at radius 2 is 1.96 bits per heavy atom. The molecule has 0 radical (unpaired) electrons. The van der Waals surface area contributed by atoms with E-state index in [-0.39, 0.29) is 0 Å². The topological polar surface area (TPSA) is 34.5 Å². The number of benzene rings is 2. The Balaban J connectivity index is 2.15. The van der Waals surface area contributed by atoms with Crippen LogP contribution in [-0.4, -0.2) is 17.8 Å². The lowest BCUT2D eigenvalue weighted by Crippen LogP contribution is -2.08. The van der Waals surface area contributed by atoms with Crippen LogP contribution in [0.5, 0.6) is 0 Å². The van der Waals surface area contributed by atoms with Crippen LogP contribution in [0.1, 0.15) is 16.7 Å². The van der Waals surface area contributed by atoms with Crippen molar-refractivity contribution in [3.63, 3.8) is 0 Å². The fourth-order valence-corrected chi connectivity index (χ4v) is 2.63. The van der Waals surface area contributed by atoms with Crippen LogP contribution >= 0.6 is 0 Å². The zero-order valence-corrected chi connectivity index (χ0v) is 13.1. The van der Waals surface area contributed by atoms with E-state index < -0.39 is 0 Å². The second-order valence-electron chi connectivity index (χ2n) is 5.19. The van der Waals surface area contributed by atoms with Crippen LogP contribution in [0, 0.1) is 0 Å². The molecule has 0 saturated carbocycles. The lowest BCUT2D eigenvalue weighted by molar-refractivity contribution is 0.214. The number of para-hydroxylation sites is 1. The van der Waals surface area contributed by atoms with E-state index in [4.69, 9.17) is 4.84 Å². The van der Waals surface area contributed by atoms with Gasteiger partial charge in [0.2, 0.25) is 0 Å². The first kappa shape index (κ1) is 15.0. The summed E-state index contributed by atoms with van der Waals surface area (Å²) >= 11 is 0. The smallest absolute Gasteiger partial charge is 0.119 e. The molecule has 0 aliphatic heterocycles. The van der Waals surface area contributed by atoms with Crippen molar-refractivity contribution in [2.75, 3.05) is 7.11 Å². The van der Waals surface area contributed by atoms with Gasteiger partial charge in [0, 0.05) is 22.7 Å². The summed E-state index contributed by atoms with van der Waals surface area (Å²) in [5.74, 6) is 0. The predicted octanol–water partition coefficient (Wildman–Crippen LogP) is 4.36. The molecule has 0 aliphatic rings. The molecule has 0 amide bonds. The lowest BCUT2D eigenvalue weighted by atomic mass is 9.96. The standard InChI is InChI=1S/C20H18N2O/c1-3-8-15-9-4-6-11-18(15)20(22-23-2)17-13-16-10-5-7-12-19(16)21-14-17/h3-7,9-14H,1,8H2,2H3. The Morgan fingerprint density at radius 1 is 1.17 bits per heavy atom. The van der Waals surface area contributed by atoms with Gasteiger partial charge in [-0.3, -0.25) is 4.98 Å². The number of allylic oxidation sites excluding steroid dienone is 1. The second-order valence-corrected chi connectivity index (χ2v) is 5.19. The van der Waals surface area contributed by atoms with Gasteiger partial charge < -0.3 is 4.84 Å². The molecule has 3 aromatic rings. The largest absolute Gasteiger partial charge is 0.399 e. The molecule has 0 fully saturated rings. The lowest BCUT2D eigenvalue weighted by Gasteiger charge is -2.11. The molecule has 3 heteroatoms. The number of pyridine rings is 1. The first-order valence-corrected chi connectivity index (χ1v) is 7.49. The summed E-state index contributed by atoms with van der Waals surface area (Å²) in [6.45, 7) is 3.83. The molecule has 0 unspecified atom stereocenters. The molecule has 0 N–H and O–H groups in total. The van der Waals surface area contributed by atoms with Gasteiger partial charge in [-0.05, 0) is 24.1 Å². The van der Waals surface area contributed by atoms with Gasteiger partial charge in [0.05, 0.1) is 5.52 Å². The molecular weight excluding hydrogens is 284 g/mol. The number of nitrogens with zero attached hydrogens (tertiary/aromatic N) is 2. The van der Waals surface area contributed by atoms with Crippen molar-refractivity contribution < 1.29 is 4.84 Å². The molecule has 0 spiro atoms. The number of hydrogen-bond donors (Lipinski definition) is 0. The van der Waals surface area contributed by atoms with Crippen molar-refractivity contribution in [1.29, 1.82) is 0 Å². The normalized spacial score (nSPS) is 11.4. The van der Waals surface area contributed by atoms with Gasteiger partial charge >= 0.3 is 0 Å². The van der Waals surface area contributed by atoms with Gasteiger partial charge in [-0.1, -0.05) is 53.7 Å². The maximum Gasteiger partial charge on any atom is 0.119 e. The molecular formula is C20H18N2O. The van der Waals surface area contributed by atoms with E-state index in [0.29, 0.717) is 0 Å². The van der Waals surface area contributed by atoms with E-state index in [0.717, 1.165) is 39.7 Å². The van der Waals surface area contributed by atoms with E-state index in [1.807, 2.05) is 54.7 Å². The van der Waals surface area contributed by atoms with Crippen LogP contribution in [0.4, 0.5) is 0 Å². The van der Waals surface area contributed by atoms with Crippen molar-refractivity contribution in [2.24, 2.45) is 5.16 Å². The van der Waals surface area contributed by atoms with Crippen molar-refractivity contribution >= 4 is 16.6 Å². The monoisotopic (exact) mass is 302 g/mol. The average molecular weight is 302 g/mol. The first-order chi connectivity index (χ1) is 11.3.